The van der Waals surface area contributed by atoms with Crippen molar-refractivity contribution in [1.82, 2.24) is 5.32 Å². The first-order chi connectivity index (χ1) is 14.6. The van der Waals surface area contributed by atoms with Crippen molar-refractivity contribution in [3.05, 3.63) is 107 Å². The molecule has 0 saturated carbocycles. The minimum atomic E-state index is -0.517. The summed E-state index contributed by atoms with van der Waals surface area (Å²) in [6.45, 7) is 0. The topological polar surface area (TPSA) is 71.3 Å². The maximum atomic E-state index is 13.0. The summed E-state index contributed by atoms with van der Waals surface area (Å²) < 4.78 is 5.72. The van der Waals surface area contributed by atoms with E-state index in [0.717, 1.165) is 16.3 Å². The zero-order valence-electron chi connectivity index (χ0n) is 15.8. The molecule has 0 atom stereocenters. The number of amides is 2. The van der Waals surface area contributed by atoms with Gasteiger partial charge in [-0.3, -0.25) is 9.59 Å². The molecule has 148 valence electrons. The van der Waals surface area contributed by atoms with Crippen molar-refractivity contribution in [2.45, 2.75) is 0 Å². The molecule has 0 spiro atoms. The van der Waals surface area contributed by atoms with E-state index >= 15 is 0 Å². The van der Waals surface area contributed by atoms with Crippen molar-refractivity contribution in [1.29, 1.82) is 0 Å². The Bertz CT molecular complexity index is 1250. The van der Waals surface area contributed by atoms with Gasteiger partial charge in [0.15, 0.2) is 10.4 Å². The number of carbonyl (C=O) groups excluding carboxylic acids is 2. The zero-order valence-corrected chi connectivity index (χ0v) is 17.3. The molecule has 0 fully saturated rings. The molecule has 1 aromatic heterocycles. The highest BCUT2D eigenvalue weighted by molar-refractivity contribution is 9.10. The Morgan fingerprint density at radius 1 is 0.833 bits per heavy atom. The second-order valence-electron chi connectivity index (χ2n) is 6.54. The van der Waals surface area contributed by atoms with Crippen LogP contribution in [0.3, 0.4) is 0 Å². The van der Waals surface area contributed by atoms with Crippen molar-refractivity contribution in [2.75, 3.05) is 5.32 Å². The normalized spacial score (nSPS) is 11.3. The average Bonchev–Trinajstić information content (AvgIpc) is 3.20. The van der Waals surface area contributed by atoms with E-state index in [-0.39, 0.29) is 11.5 Å². The molecule has 0 aliphatic rings. The van der Waals surface area contributed by atoms with Crippen molar-refractivity contribution in [3.63, 3.8) is 0 Å². The monoisotopic (exact) mass is 460 g/mol. The number of anilines is 1. The molecule has 0 aliphatic carbocycles. The van der Waals surface area contributed by atoms with Crippen LogP contribution in [0.2, 0.25) is 0 Å². The molecule has 0 bridgehead atoms. The Labute approximate surface area is 181 Å². The molecule has 6 heteroatoms. The van der Waals surface area contributed by atoms with Crippen LogP contribution in [-0.4, -0.2) is 11.8 Å². The second kappa shape index (κ2) is 8.80. The third-order valence-electron chi connectivity index (χ3n) is 4.41. The minimum absolute atomic E-state index is 0.0966. The lowest BCUT2D eigenvalue weighted by Crippen LogP contribution is -2.30. The van der Waals surface area contributed by atoms with Crippen LogP contribution in [0.5, 0.6) is 0 Å². The van der Waals surface area contributed by atoms with E-state index in [1.807, 2.05) is 72.8 Å². The SMILES string of the molecule is O=C(Nc1ccc2ccccc2c1)/C(=C\c1ccccc1)NC(=O)c1ccc(Br)o1. The molecule has 0 unspecified atom stereocenters. The third-order valence-corrected chi connectivity index (χ3v) is 4.83. The van der Waals surface area contributed by atoms with Crippen molar-refractivity contribution in [2.24, 2.45) is 0 Å². The molecule has 1 heterocycles. The highest BCUT2D eigenvalue weighted by Crippen LogP contribution is 2.20. The Morgan fingerprint density at radius 3 is 2.30 bits per heavy atom. The maximum Gasteiger partial charge on any atom is 0.291 e. The van der Waals surface area contributed by atoms with Crippen LogP contribution in [-0.2, 0) is 4.79 Å². The number of hydrogen-bond acceptors (Lipinski definition) is 3. The summed E-state index contributed by atoms with van der Waals surface area (Å²) >= 11 is 3.17. The zero-order chi connectivity index (χ0) is 20.9. The van der Waals surface area contributed by atoms with Gasteiger partial charge in [0.2, 0.25) is 0 Å². The molecule has 0 radical (unpaired) electrons. The van der Waals surface area contributed by atoms with E-state index in [1.54, 1.807) is 12.1 Å². The fourth-order valence-electron chi connectivity index (χ4n) is 2.96. The summed E-state index contributed by atoms with van der Waals surface area (Å²) in [7, 11) is 0. The molecule has 4 rings (SSSR count). The van der Waals surface area contributed by atoms with Crippen LogP contribution in [0.15, 0.2) is 99.7 Å². The summed E-state index contributed by atoms with van der Waals surface area (Å²) in [5, 5.41) is 7.59. The van der Waals surface area contributed by atoms with Gasteiger partial charge in [-0.15, -0.1) is 0 Å². The number of rotatable bonds is 5. The fourth-order valence-corrected chi connectivity index (χ4v) is 3.27. The molecular weight excluding hydrogens is 444 g/mol. The second-order valence-corrected chi connectivity index (χ2v) is 7.32. The highest BCUT2D eigenvalue weighted by atomic mass is 79.9. The van der Waals surface area contributed by atoms with Crippen molar-refractivity contribution >= 4 is 50.3 Å². The molecule has 2 N–H and O–H groups in total. The van der Waals surface area contributed by atoms with E-state index in [9.17, 15) is 9.59 Å². The molecule has 30 heavy (non-hydrogen) atoms. The number of carbonyl (C=O) groups is 2. The summed E-state index contributed by atoms with van der Waals surface area (Å²) in [5.74, 6) is -0.857. The smallest absolute Gasteiger partial charge is 0.291 e. The van der Waals surface area contributed by atoms with E-state index in [4.69, 9.17) is 4.42 Å². The van der Waals surface area contributed by atoms with Gasteiger partial charge in [0.1, 0.15) is 5.70 Å². The summed E-state index contributed by atoms with van der Waals surface area (Å²) in [6.07, 6.45) is 1.62. The van der Waals surface area contributed by atoms with Gasteiger partial charge in [0.05, 0.1) is 0 Å². The van der Waals surface area contributed by atoms with Gasteiger partial charge in [-0.05, 0) is 62.6 Å². The van der Waals surface area contributed by atoms with E-state index in [2.05, 4.69) is 26.6 Å². The van der Waals surface area contributed by atoms with Crippen LogP contribution in [0.1, 0.15) is 16.1 Å². The molecule has 5 nitrogen and oxygen atoms in total. The molecule has 0 aliphatic heterocycles. The maximum absolute atomic E-state index is 13.0. The quantitative estimate of drug-likeness (QED) is 0.380. The van der Waals surface area contributed by atoms with Crippen LogP contribution >= 0.6 is 15.9 Å². The molecular formula is C24H17BrN2O3. The molecule has 3 aromatic carbocycles. The molecule has 2 amide bonds. The van der Waals surface area contributed by atoms with E-state index in [1.165, 1.54) is 6.07 Å². The summed E-state index contributed by atoms with van der Waals surface area (Å²) in [4.78, 5) is 25.5. The van der Waals surface area contributed by atoms with Crippen molar-refractivity contribution < 1.29 is 14.0 Å². The molecule has 0 saturated heterocycles. The van der Waals surface area contributed by atoms with Crippen LogP contribution < -0.4 is 10.6 Å². The third kappa shape index (κ3) is 4.67. The minimum Gasteiger partial charge on any atom is -0.444 e. The van der Waals surface area contributed by atoms with Crippen LogP contribution in [0.25, 0.3) is 16.8 Å². The number of benzene rings is 3. The van der Waals surface area contributed by atoms with Crippen molar-refractivity contribution in [3.8, 4) is 0 Å². The number of furan rings is 1. The van der Waals surface area contributed by atoms with Gasteiger partial charge in [0, 0.05) is 5.69 Å². The van der Waals surface area contributed by atoms with Gasteiger partial charge in [-0.1, -0.05) is 60.7 Å². The largest absolute Gasteiger partial charge is 0.444 e. The van der Waals surface area contributed by atoms with E-state index in [0.29, 0.717) is 10.4 Å². The van der Waals surface area contributed by atoms with E-state index < -0.39 is 11.8 Å². The Kier molecular flexibility index (Phi) is 5.77. The average molecular weight is 461 g/mol. The standard InChI is InChI=1S/C24H17BrN2O3/c25-22-13-12-21(30-22)24(29)27-20(14-16-6-2-1-3-7-16)23(28)26-19-11-10-17-8-4-5-9-18(17)15-19/h1-15H,(H,26,28)(H,27,29)/b20-14+. The summed E-state index contributed by atoms with van der Waals surface area (Å²) in [6, 6.07) is 26.0. The summed E-state index contributed by atoms with van der Waals surface area (Å²) in [5.41, 5.74) is 1.52. The van der Waals surface area contributed by atoms with Gasteiger partial charge < -0.3 is 15.1 Å². The predicted molar refractivity (Wildman–Crippen MR) is 121 cm³/mol. The predicted octanol–water partition coefficient (Wildman–Crippen LogP) is 5.60. The van der Waals surface area contributed by atoms with Crippen LogP contribution in [0, 0.1) is 0 Å². The first-order valence-electron chi connectivity index (χ1n) is 9.22. The number of nitrogens with one attached hydrogen (secondary N) is 2. The van der Waals surface area contributed by atoms with Gasteiger partial charge in [-0.25, -0.2) is 0 Å². The molecule has 4 aromatic rings. The highest BCUT2D eigenvalue weighted by Gasteiger charge is 2.17. The lowest BCUT2D eigenvalue weighted by atomic mass is 10.1. The van der Waals surface area contributed by atoms with Gasteiger partial charge >= 0.3 is 0 Å². The number of hydrogen-bond donors (Lipinski definition) is 2. The Morgan fingerprint density at radius 2 is 1.57 bits per heavy atom. The Hall–Kier alpha value is -3.64. The first-order valence-corrected chi connectivity index (χ1v) is 10.0. The van der Waals surface area contributed by atoms with Crippen LogP contribution in [0.4, 0.5) is 5.69 Å². The lowest BCUT2D eigenvalue weighted by molar-refractivity contribution is -0.113. The van der Waals surface area contributed by atoms with Gasteiger partial charge in [0.25, 0.3) is 11.8 Å². The fraction of sp³-hybridized carbons (Fsp3) is 0. The number of fused-ring (bicyclic) bond motifs is 1. The first kappa shape index (κ1) is 19.7. The lowest BCUT2D eigenvalue weighted by Gasteiger charge is -2.11. The Balaban J connectivity index is 1.61. The number of halogens is 1. The van der Waals surface area contributed by atoms with Gasteiger partial charge in [-0.2, -0.15) is 0 Å².